The Labute approximate surface area is 90.9 Å². The van der Waals surface area contributed by atoms with Crippen molar-refractivity contribution in [2.75, 3.05) is 13.2 Å². The summed E-state index contributed by atoms with van der Waals surface area (Å²) in [6.07, 6.45) is 2.29. The van der Waals surface area contributed by atoms with Crippen molar-refractivity contribution in [2.24, 2.45) is 5.73 Å². The predicted molar refractivity (Wildman–Crippen MR) is 58.0 cm³/mol. The summed E-state index contributed by atoms with van der Waals surface area (Å²) in [6, 6.07) is -0.474. The van der Waals surface area contributed by atoms with Gasteiger partial charge in [0, 0.05) is 0 Å². The predicted octanol–water partition coefficient (Wildman–Crippen LogP) is 0.845. The fraction of sp³-hybridized carbons (Fsp3) is 0.778. The Kier molecular flexibility index (Phi) is 9.54. The van der Waals surface area contributed by atoms with E-state index in [0.717, 1.165) is 12.8 Å². The fourth-order valence-corrected chi connectivity index (χ4v) is 1.30. The second kappa shape index (κ2) is 9.94. The van der Waals surface area contributed by atoms with Crippen molar-refractivity contribution >= 4 is 13.9 Å². The van der Waals surface area contributed by atoms with Gasteiger partial charge in [-0.15, -0.1) is 0 Å². The minimum absolute atomic E-state index is 0.266. The monoisotopic (exact) mass is 232 g/mol. The van der Waals surface area contributed by atoms with Gasteiger partial charge in [-0.25, -0.2) is 0 Å². The first-order chi connectivity index (χ1) is 7.26. The average Bonchev–Trinajstić information content (AvgIpc) is 2.23. The van der Waals surface area contributed by atoms with Crippen LogP contribution in [-0.2, 0) is 14.1 Å². The second-order valence-corrected chi connectivity index (χ2v) is 3.34. The third-order valence-electron chi connectivity index (χ3n) is 1.80. The molecule has 0 aromatic heterocycles. The van der Waals surface area contributed by atoms with Crippen LogP contribution in [0.5, 0.6) is 0 Å². The SMILES string of the molecule is CCOC(=O)[C@H](CCCCN)NC#P=O. The Morgan fingerprint density at radius 2 is 2.33 bits per heavy atom. The molecule has 1 atom stereocenters. The zero-order chi connectivity index (χ0) is 11.5. The first kappa shape index (κ1) is 14.4. The summed E-state index contributed by atoms with van der Waals surface area (Å²) in [7, 11) is -0.266. The zero-order valence-electron chi connectivity index (χ0n) is 8.86. The van der Waals surface area contributed by atoms with Crippen molar-refractivity contribution in [3.05, 3.63) is 0 Å². The van der Waals surface area contributed by atoms with Crippen molar-refractivity contribution < 1.29 is 14.1 Å². The van der Waals surface area contributed by atoms with E-state index < -0.39 is 6.04 Å². The summed E-state index contributed by atoms with van der Waals surface area (Å²) < 4.78 is 15.0. The summed E-state index contributed by atoms with van der Waals surface area (Å²) in [6.45, 7) is 2.68. The number of ether oxygens (including phenoxy) is 1. The molecular weight excluding hydrogens is 215 g/mol. The maximum absolute atomic E-state index is 11.4. The molecule has 0 saturated heterocycles. The molecule has 0 rings (SSSR count). The van der Waals surface area contributed by atoms with Crippen LogP contribution in [0.4, 0.5) is 0 Å². The van der Waals surface area contributed by atoms with E-state index in [4.69, 9.17) is 10.5 Å². The van der Waals surface area contributed by atoms with Crippen LogP contribution in [0.1, 0.15) is 26.2 Å². The van der Waals surface area contributed by atoms with E-state index in [0.29, 0.717) is 19.6 Å². The normalized spacial score (nSPS) is 11.6. The molecule has 3 N–H and O–H groups in total. The van der Waals surface area contributed by atoms with Gasteiger partial charge in [-0.1, -0.05) is 0 Å². The van der Waals surface area contributed by atoms with E-state index in [1.165, 1.54) is 0 Å². The van der Waals surface area contributed by atoms with Gasteiger partial charge in [-0.05, 0) is 0 Å². The molecular formula is C9H17N2O3P. The molecule has 0 amide bonds. The van der Waals surface area contributed by atoms with Gasteiger partial charge in [0.05, 0.1) is 0 Å². The molecule has 0 fully saturated rings. The molecule has 0 radical (unpaired) electrons. The van der Waals surface area contributed by atoms with Gasteiger partial charge in [0.1, 0.15) is 0 Å². The molecule has 0 aromatic rings. The molecule has 0 aromatic carbocycles. The molecule has 86 valence electrons. The number of esters is 1. The number of rotatable bonds is 7. The van der Waals surface area contributed by atoms with Crippen LogP contribution >= 0.6 is 7.92 Å². The van der Waals surface area contributed by atoms with Gasteiger partial charge in [0.25, 0.3) is 0 Å². The van der Waals surface area contributed by atoms with Crippen molar-refractivity contribution in [3.8, 4) is 5.75 Å². The number of nitrogens with one attached hydrogen (secondary N) is 1. The molecule has 0 bridgehead atoms. The van der Waals surface area contributed by atoms with E-state index in [9.17, 15) is 9.36 Å². The van der Waals surface area contributed by atoms with Gasteiger partial charge < -0.3 is 0 Å². The van der Waals surface area contributed by atoms with Gasteiger partial charge in [-0.2, -0.15) is 0 Å². The number of hydrogen-bond acceptors (Lipinski definition) is 5. The molecule has 5 nitrogen and oxygen atoms in total. The molecule has 0 aliphatic heterocycles. The molecule has 0 spiro atoms. The summed E-state index contributed by atoms with van der Waals surface area (Å²) in [5.74, 6) is 2.01. The van der Waals surface area contributed by atoms with Crippen LogP contribution < -0.4 is 11.1 Å². The molecule has 0 aliphatic rings. The van der Waals surface area contributed by atoms with Crippen LogP contribution in [0.3, 0.4) is 0 Å². The molecule has 15 heavy (non-hydrogen) atoms. The molecule has 0 heterocycles. The summed E-state index contributed by atoms with van der Waals surface area (Å²) in [5, 5.41) is 2.62. The van der Waals surface area contributed by atoms with Crippen LogP contribution in [-0.4, -0.2) is 25.2 Å². The van der Waals surface area contributed by atoms with Gasteiger partial charge in [0.15, 0.2) is 0 Å². The van der Waals surface area contributed by atoms with Crippen molar-refractivity contribution in [1.82, 2.24) is 5.32 Å². The van der Waals surface area contributed by atoms with Crippen molar-refractivity contribution in [3.63, 3.8) is 0 Å². The van der Waals surface area contributed by atoms with Gasteiger partial charge in [0.2, 0.25) is 0 Å². The standard InChI is InChI=1S/C9H17N2O3P/c1-2-14-9(12)8(11-7-15-13)5-3-4-6-10/h8,11H,2-6,10H2,1H3/t8-/m0/s1. The summed E-state index contributed by atoms with van der Waals surface area (Å²) >= 11 is 0. The topological polar surface area (TPSA) is 81.4 Å². The maximum atomic E-state index is 11.4. The molecule has 0 unspecified atom stereocenters. The number of carbonyl (C=O) groups excluding carboxylic acids is 1. The van der Waals surface area contributed by atoms with Crippen LogP contribution in [0.15, 0.2) is 0 Å². The first-order valence-electron chi connectivity index (χ1n) is 4.95. The number of nitrogens with two attached hydrogens (primary N) is 1. The first-order valence-corrected chi connectivity index (χ1v) is 5.77. The zero-order valence-corrected chi connectivity index (χ0v) is 9.76. The Bertz CT molecular complexity index is 276. The van der Waals surface area contributed by atoms with Crippen molar-refractivity contribution in [2.45, 2.75) is 32.2 Å². The summed E-state index contributed by atoms with van der Waals surface area (Å²) in [4.78, 5) is 11.4. The third kappa shape index (κ3) is 7.34. The van der Waals surface area contributed by atoms with E-state index in [1.54, 1.807) is 6.92 Å². The molecule has 6 heteroatoms. The van der Waals surface area contributed by atoms with E-state index in [2.05, 4.69) is 11.1 Å². The molecule has 0 aliphatic carbocycles. The Morgan fingerprint density at radius 3 is 2.87 bits per heavy atom. The average molecular weight is 232 g/mol. The summed E-state index contributed by atoms with van der Waals surface area (Å²) in [5.41, 5.74) is 5.35. The van der Waals surface area contributed by atoms with E-state index >= 15 is 0 Å². The van der Waals surface area contributed by atoms with Crippen LogP contribution in [0.2, 0.25) is 0 Å². The minimum atomic E-state index is -0.474. The molecule has 0 saturated carbocycles. The second-order valence-electron chi connectivity index (χ2n) is 2.94. The number of hydrogen-bond donors (Lipinski definition) is 2. The van der Waals surface area contributed by atoms with Gasteiger partial charge >= 0.3 is 90.2 Å². The van der Waals surface area contributed by atoms with E-state index in [1.807, 2.05) is 0 Å². The third-order valence-corrected chi connectivity index (χ3v) is 2.02. The number of carbonyl (C=O) groups is 1. The quantitative estimate of drug-likeness (QED) is 0.294. The number of unbranched alkanes of at least 4 members (excludes halogenated alkanes) is 1. The van der Waals surface area contributed by atoms with Crippen LogP contribution in [0.25, 0.3) is 0 Å². The van der Waals surface area contributed by atoms with Crippen molar-refractivity contribution in [1.29, 1.82) is 0 Å². The Balaban J connectivity index is 4.08. The van der Waals surface area contributed by atoms with Gasteiger partial charge in [-0.3, -0.25) is 0 Å². The fourth-order valence-electron chi connectivity index (χ4n) is 1.09. The van der Waals surface area contributed by atoms with E-state index in [-0.39, 0.29) is 13.9 Å². The van der Waals surface area contributed by atoms with Crippen LogP contribution in [0, 0.1) is 5.75 Å². The Morgan fingerprint density at radius 1 is 1.60 bits per heavy atom. The Hall–Kier alpha value is -0.600.